The molecule has 4 rings (SSSR count). The molecule has 0 bridgehead atoms. The highest BCUT2D eigenvalue weighted by molar-refractivity contribution is 7.89. The van der Waals surface area contributed by atoms with Gasteiger partial charge >= 0.3 is 11.3 Å². The molecule has 10 heteroatoms. The summed E-state index contributed by atoms with van der Waals surface area (Å²) in [6.45, 7) is 2.72. The summed E-state index contributed by atoms with van der Waals surface area (Å²) in [5.74, 6) is 0.119. The van der Waals surface area contributed by atoms with E-state index in [4.69, 9.17) is 9.15 Å². The molecule has 9 nitrogen and oxygen atoms in total. The number of hydrogen-bond acceptors (Lipinski definition) is 7. The third-order valence-corrected chi connectivity index (χ3v) is 7.63. The lowest BCUT2D eigenvalue weighted by Crippen LogP contribution is -2.31. The molecule has 0 aliphatic carbocycles. The van der Waals surface area contributed by atoms with E-state index in [-0.39, 0.29) is 16.4 Å². The zero-order valence-electron chi connectivity index (χ0n) is 18.2. The van der Waals surface area contributed by atoms with Crippen molar-refractivity contribution >= 4 is 26.7 Å². The molecular formula is C23H24N2O7S. The smallest absolute Gasteiger partial charge is 0.336 e. The molecule has 174 valence electrons. The monoisotopic (exact) mass is 472 g/mol. The van der Waals surface area contributed by atoms with Gasteiger partial charge in [0.2, 0.25) is 15.8 Å². The Kier molecular flexibility index (Phi) is 6.48. The molecule has 1 fully saturated rings. The van der Waals surface area contributed by atoms with Crippen LogP contribution >= 0.6 is 0 Å². The van der Waals surface area contributed by atoms with Crippen LogP contribution in [-0.2, 0) is 16.4 Å². The van der Waals surface area contributed by atoms with Crippen LogP contribution in [0.25, 0.3) is 11.0 Å². The average Bonchev–Trinajstić information content (AvgIpc) is 3.08. The summed E-state index contributed by atoms with van der Waals surface area (Å²) in [6.07, 6.45) is 4.09. The van der Waals surface area contributed by atoms with Crippen LogP contribution in [-0.4, -0.2) is 30.7 Å². The molecule has 1 saturated heterocycles. The largest absolute Gasteiger partial charge is 0.450 e. The zero-order chi connectivity index (χ0) is 23.6. The first-order chi connectivity index (χ1) is 15.8. The van der Waals surface area contributed by atoms with Crippen LogP contribution in [0.1, 0.15) is 38.2 Å². The molecule has 0 radical (unpaired) electrons. The van der Waals surface area contributed by atoms with E-state index in [9.17, 15) is 23.3 Å². The number of sulfonamides is 1. The summed E-state index contributed by atoms with van der Waals surface area (Å²) in [7, 11) is -3.85. The van der Waals surface area contributed by atoms with E-state index in [1.54, 1.807) is 12.1 Å². The second-order valence-corrected chi connectivity index (χ2v) is 9.85. The first-order valence-corrected chi connectivity index (χ1v) is 12.3. The Morgan fingerprint density at radius 1 is 1.06 bits per heavy atom. The number of benzene rings is 2. The molecule has 1 aliphatic heterocycles. The second kappa shape index (κ2) is 9.32. The first-order valence-electron chi connectivity index (χ1n) is 10.8. The minimum absolute atomic E-state index is 0.108. The van der Waals surface area contributed by atoms with Crippen LogP contribution in [0.4, 0.5) is 5.69 Å². The van der Waals surface area contributed by atoms with E-state index >= 15 is 0 Å². The first kappa shape index (κ1) is 22.9. The van der Waals surface area contributed by atoms with Crippen molar-refractivity contribution in [3.8, 4) is 11.5 Å². The second-order valence-electron chi connectivity index (χ2n) is 7.91. The molecule has 3 aromatic rings. The molecule has 1 aliphatic rings. The van der Waals surface area contributed by atoms with E-state index in [1.807, 2.05) is 6.92 Å². The molecule has 0 amide bonds. The maximum absolute atomic E-state index is 13.0. The maximum Gasteiger partial charge on any atom is 0.336 e. The van der Waals surface area contributed by atoms with Gasteiger partial charge < -0.3 is 9.15 Å². The van der Waals surface area contributed by atoms with Crippen LogP contribution in [0.15, 0.2) is 56.6 Å². The Morgan fingerprint density at radius 3 is 2.45 bits per heavy atom. The Labute approximate surface area is 190 Å². The molecule has 0 spiro atoms. The van der Waals surface area contributed by atoms with Crippen LogP contribution in [0, 0.1) is 10.1 Å². The van der Waals surface area contributed by atoms with Gasteiger partial charge in [0.25, 0.3) is 0 Å². The third-order valence-electron chi connectivity index (χ3n) is 5.74. The van der Waals surface area contributed by atoms with Crippen molar-refractivity contribution in [1.82, 2.24) is 4.31 Å². The van der Waals surface area contributed by atoms with Crippen molar-refractivity contribution in [1.29, 1.82) is 0 Å². The maximum atomic E-state index is 13.0. The van der Waals surface area contributed by atoms with Gasteiger partial charge in [-0.05, 0) is 49.1 Å². The van der Waals surface area contributed by atoms with E-state index < -0.39 is 26.3 Å². The topological polar surface area (TPSA) is 120 Å². The van der Waals surface area contributed by atoms with Crippen LogP contribution in [0.2, 0.25) is 0 Å². The summed E-state index contributed by atoms with van der Waals surface area (Å²) >= 11 is 0. The Bertz CT molecular complexity index is 1360. The lowest BCUT2D eigenvalue weighted by molar-refractivity contribution is -0.385. The van der Waals surface area contributed by atoms with Crippen LogP contribution in [0.3, 0.4) is 0 Å². The van der Waals surface area contributed by atoms with Crippen molar-refractivity contribution in [2.75, 3.05) is 13.1 Å². The quantitative estimate of drug-likeness (QED) is 0.292. The van der Waals surface area contributed by atoms with E-state index in [0.717, 1.165) is 42.7 Å². The lowest BCUT2D eigenvalue weighted by Gasteiger charge is -2.20. The fourth-order valence-corrected chi connectivity index (χ4v) is 5.55. The van der Waals surface area contributed by atoms with Crippen molar-refractivity contribution in [3.63, 3.8) is 0 Å². The number of rotatable bonds is 6. The normalized spacial score (nSPS) is 15.3. The van der Waals surface area contributed by atoms with Gasteiger partial charge in [-0.15, -0.1) is 0 Å². The van der Waals surface area contributed by atoms with Gasteiger partial charge in [-0.3, -0.25) is 10.1 Å². The van der Waals surface area contributed by atoms with Crippen molar-refractivity contribution in [2.45, 2.75) is 43.9 Å². The van der Waals surface area contributed by atoms with Gasteiger partial charge in [0.15, 0.2) is 0 Å². The van der Waals surface area contributed by atoms with Gasteiger partial charge in [0.05, 0.1) is 9.82 Å². The predicted molar refractivity (Wildman–Crippen MR) is 122 cm³/mol. The fraction of sp³-hybridized carbons (Fsp3) is 0.348. The molecule has 0 unspecified atom stereocenters. The van der Waals surface area contributed by atoms with E-state index in [2.05, 4.69) is 0 Å². The van der Waals surface area contributed by atoms with Gasteiger partial charge in [-0.2, -0.15) is 4.31 Å². The summed E-state index contributed by atoms with van der Waals surface area (Å²) in [5.41, 5.74) is 0.169. The Balaban J connectivity index is 1.69. The zero-order valence-corrected chi connectivity index (χ0v) is 19.0. The summed E-state index contributed by atoms with van der Waals surface area (Å²) in [6, 6.07) is 9.89. The third kappa shape index (κ3) is 4.76. The summed E-state index contributed by atoms with van der Waals surface area (Å²) in [4.78, 5) is 22.7. The van der Waals surface area contributed by atoms with Crippen molar-refractivity contribution < 1.29 is 22.5 Å². The minimum Gasteiger partial charge on any atom is -0.450 e. The molecule has 33 heavy (non-hydrogen) atoms. The van der Waals surface area contributed by atoms with Crippen molar-refractivity contribution in [3.05, 3.63) is 68.6 Å². The molecule has 0 atom stereocenters. The highest BCUT2D eigenvalue weighted by Crippen LogP contribution is 2.35. The SMILES string of the molecule is CCc1cc(=O)oc2cc(Oc3ccc(S(=O)(=O)N4CCCCCC4)cc3[N+](=O)[O-])ccc12. The lowest BCUT2D eigenvalue weighted by atomic mass is 10.1. The number of nitrogens with zero attached hydrogens (tertiary/aromatic N) is 2. The van der Waals surface area contributed by atoms with Gasteiger partial charge in [0.1, 0.15) is 11.3 Å². The number of hydrogen-bond donors (Lipinski definition) is 0. The Hall–Kier alpha value is -3.24. The number of ether oxygens (including phenoxy) is 1. The minimum atomic E-state index is -3.85. The van der Waals surface area contributed by atoms with Crippen LogP contribution in [0.5, 0.6) is 11.5 Å². The standard InChI is InChI=1S/C23H24N2O7S/c1-2-16-13-23(26)32-22-14-17(7-9-19(16)22)31-21-10-8-18(15-20(21)25(27)28)33(29,30)24-11-5-3-4-6-12-24/h7-10,13-15H,2-6,11-12H2,1H3. The van der Waals surface area contributed by atoms with Crippen molar-refractivity contribution in [2.24, 2.45) is 0 Å². The predicted octanol–water partition coefficient (Wildman–Crippen LogP) is 4.62. The van der Waals surface area contributed by atoms with Gasteiger partial charge in [-0.1, -0.05) is 19.8 Å². The summed E-state index contributed by atoms with van der Waals surface area (Å²) in [5, 5.41) is 12.5. The highest BCUT2D eigenvalue weighted by atomic mass is 32.2. The number of nitro groups is 1. The molecule has 2 aromatic carbocycles. The molecule has 2 heterocycles. The number of fused-ring (bicyclic) bond motifs is 1. The molecular weight excluding hydrogens is 448 g/mol. The molecule has 1 aromatic heterocycles. The van der Waals surface area contributed by atoms with Gasteiger partial charge in [0, 0.05) is 36.7 Å². The van der Waals surface area contributed by atoms with Gasteiger partial charge in [-0.25, -0.2) is 13.2 Å². The fourth-order valence-electron chi connectivity index (χ4n) is 4.01. The molecule has 0 saturated carbocycles. The molecule has 0 N–H and O–H groups in total. The van der Waals surface area contributed by atoms with Crippen LogP contribution < -0.4 is 10.4 Å². The Morgan fingerprint density at radius 2 is 1.79 bits per heavy atom. The number of nitro benzene ring substituents is 1. The van der Waals surface area contributed by atoms with E-state index in [0.29, 0.717) is 25.1 Å². The average molecular weight is 473 g/mol. The summed E-state index contributed by atoms with van der Waals surface area (Å²) < 4.78 is 38.4. The van der Waals surface area contributed by atoms with E-state index in [1.165, 1.54) is 28.6 Å². The highest BCUT2D eigenvalue weighted by Gasteiger charge is 2.28. The number of aryl methyl sites for hydroxylation is 1.